The Kier molecular flexibility index (Phi) is 17.3. The van der Waals surface area contributed by atoms with Crippen LogP contribution in [0.4, 0.5) is 0 Å². The van der Waals surface area contributed by atoms with Gasteiger partial charge in [-0.2, -0.15) is 0 Å². The second-order valence-electron chi connectivity index (χ2n) is 5.86. The quantitative estimate of drug-likeness (QED) is 0.183. The zero-order valence-electron chi connectivity index (χ0n) is 18.6. The van der Waals surface area contributed by atoms with Crippen molar-refractivity contribution in [3.8, 4) is 47.4 Å². The molecule has 0 saturated carbocycles. The maximum atomic E-state index is 12.0. The van der Waals surface area contributed by atoms with Crippen LogP contribution in [0.5, 0.6) is 0 Å². The summed E-state index contributed by atoms with van der Waals surface area (Å²) in [6, 6.07) is 0. The van der Waals surface area contributed by atoms with E-state index in [4.69, 9.17) is 18.5 Å². The number of phosphoric acid groups is 1. The van der Waals surface area contributed by atoms with Crippen LogP contribution >= 0.6 is 7.82 Å². The normalized spacial score (nSPS) is 12.0. The first kappa shape index (κ1) is 29.2. The zero-order chi connectivity index (χ0) is 24.1. The number of esters is 2. The Morgan fingerprint density at radius 2 is 1.47 bits per heavy atom. The van der Waals surface area contributed by atoms with E-state index in [2.05, 4.69) is 47.4 Å². The molecule has 0 aliphatic carbocycles. The Balaban J connectivity index is 4.87. The monoisotopic (exact) mass is 466 g/mol. The first-order chi connectivity index (χ1) is 15.3. The SMILES string of the molecule is CCC#CC#CCC(=O)OCC(COP(=O)(O)OCC[NH2+]C)OC(=O)CC#CC#CCC. The molecule has 174 valence electrons. The molecule has 0 spiro atoms. The molecule has 0 saturated heterocycles. The number of ether oxygens (including phenoxy) is 2. The van der Waals surface area contributed by atoms with Gasteiger partial charge in [0, 0.05) is 12.8 Å². The Bertz CT molecular complexity index is 886. The van der Waals surface area contributed by atoms with Gasteiger partial charge in [-0.25, -0.2) is 4.57 Å². The molecule has 0 rings (SSSR count). The average molecular weight is 466 g/mol. The highest BCUT2D eigenvalue weighted by Gasteiger charge is 2.26. The van der Waals surface area contributed by atoms with Crippen molar-refractivity contribution < 1.29 is 42.9 Å². The summed E-state index contributed by atoms with van der Waals surface area (Å²) in [5.74, 6) is 19.3. The number of hydrogen-bond donors (Lipinski definition) is 2. The standard InChI is InChI=1S/C22H28NO8P/c1-4-6-8-10-12-14-21(24)28-18-20(19-30-32(26,27)29-17-16-23-3)31-22(25)15-13-11-9-7-5-2/h20,23H,4-5,14-19H2,1-3H3,(H,26,27)/p+1. The van der Waals surface area contributed by atoms with Crippen LogP contribution in [-0.2, 0) is 32.7 Å². The molecule has 32 heavy (non-hydrogen) atoms. The van der Waals surface area contributed by atoms with Crippen LogP contribution in [0.25, 0.3) is 0 Å². The molecule has 2 unspecified atom stereocenters. The van der Waals surface area contributed by atoms with E-state index >= 15 is 0 Å². The number of carbonyl (C=O) groups is 2. The fourth-order valence-corrected chi connectivity index (χ4v) is 2.43. The van der Waals surface area contributed by atoms with Crippen LogP contribution in [-0.4, -0.2) is 56.3 Å². The number of rotatable bonds is 12. The summed E-state index contributed by atoms with van der Waals surface area (Å²) >= 11 is 0. The summed E-state index contributed by atoms with van der Waals surface area (Å²) in [6.45, 7) is 3.24. The Hall–Kier alpha value is -2.75. The van der Waals surface area contributed by atoms with Gasteiger partial charge in [-0.3, -0.25) is 18.6 Å². The third-order valence-electron chi connectivity index (χ3n) is 3.11. The van der Waals surface area contributed by atoms with Crippen LogP contribution < -0.4 is 5.32 Å². The summed E-state index contributed by atoms with van der Waals surface area (Å²) in [5, 5.41) is 1.76. The lowest BCUT2D eigenvalue weighted by Gasteiger charge is -2.19. The number of hydrogen-bond acceptors (Lipinski definition) is 7. The van der Waals surface area contributed by atoms with Crippen molar-refractivity contribution >= 4 is 19.8 Å². The topological polar surface area (TPSA) is 125 Å². The van der Waals surface area contributed by atoms with Gasteiger partial charge in [0.05, 0.1) is 20.2 Å². The first-order valence-electron chi connectivity index (χ1n) is 10.0. The summed E-state index contributed by atoms with van der Waals surface area (Å²) < 4.78 is 31.7. The van der Waals surface area contributed by atoms with E-state index < -0.39 is 39.1 Å². The van der Waals surface area contributed by atoms with Gasteiger partial charge in [0.1, 0.15) is 26.1 Å². The molecule has 0 radical (unpaired) electrons. The van der Waals surface area contributed by atoms with Crippen molar-refractivity contribution in [1.29, 1.82) is 0 Å². The Labute approximate surface area is 189 Å². The number of likely N-dealkylation sites (N-methyl/N-ethyl adjacent to an activating group) is 1. The third kappa shape index (κ3) is 18.1. The van der Waals surface area contributed by atoms with Crippen molar-refractivity contribution in [2.75, 3.05) is 33.4 Å². The number of carbonyl (C=O) groups excluding carboxylic acids is 2. The minimum atomic E-state index is -4.36. The molecule has 0 heterocycles. The van der Waals surface area contributed by atoms with Crippen LogP contribution in [0.15, 0.2) is 0 Å². The van der Waals surface area contributed by atoms with Gasteiger partial charge in [-0.05, 0) is 23.7 Å². The van der Waals surface area contributed by atoms with Gasteiger partial charge in [0.25, 0.3) is 0 Å². The highest BCUT2D eigenvalue weighted by Crippen LogP contribution is 2.42. The van der Waals surface area contributed by atoms with Crippen LogP contribution in [0.3, 0.4) is 0 Å². The molecule has 0 aliphatic heterocycles. The predicted octanol–water partition coefficient (Wildman–Crippen LogP) is 0.382. The molecule has 3 N–H and O–H groups in total. The van der Waals surface area contributed by atoms with Gasteiger partial charge >= 0.3 is 19.8 Å². The molecule has 2 atom stereocenters. The fourth-order valence-electron chi connectivity index (χ4n) is 1.67. The lowest BCUT2D eigenvalue weighted by atomic mass is 10.3. The second-order valence-corrected chi connectivity index (χ2v) is 7.31. The maximum Gasteiger partial charge on any atom is 0.472 e. The van der Waals surface area contributed by atoms with Gasteiger partial charge in [-0.15, -0.1) is 0 Å². The Morgan fingerprint density at radius 3 is 2.03 bits per heavy atom. The van der Waals surface area contributed by atoms with E-state index in [0.29, 0.717) is 19.4 Å². The van der Waals surface area contributed by atoms with E-state index in [1.54, 1.807) is 12.4 Å². The minimum Gasteiger partial charge on any atom is -0.461 e. The number of nitrogens with two attached hydrogens (primary N) is 1. The molecule has 0 amide bonds. The van der Waals surface area contributed by atoms with Gasteiger partial charge < -0.3 is 19.7 Å². The summed E-state index contributed by atoms with van der Waals surface area (Å²) in [6.07, 6.45) is -0.332. The highest BCUT2D eigenvalue weighted by molar-refractivity contribution is 7.47. The molecule has 0 aromatic heterocycles. The molecule has 0 aromatic carbocycles. The van der Waals surface area contributed by atoms with Crippen molar-refractivity contribution in [2.45, 2.75) is 45.6 Å². The first-order valence-corrected chi connectivity index (χ1v) is 11.5. The van der Waals surface area contributed by atoms with E-state index in [9.17, 15) is 19.0 Å². The zero-order valence-corrected chi connectivity index (χ0v) is 19.5. The largest absolute Gasteiger partial charge is 0.472 e. The fraction of sp³-hybridized carbons (Fsp3) is 0.545. The molecule has 9 nitrogen and oxygen atoms in total. The Morgan fingerprint density at radius 1 is 0.906 bits per heavy atom. The van der Waals surface area contributed by atoms with E-state index in [-0.39, 0.29) is 19.4 Å². The summed E-state index contributed by atoms with van der Waals surface area (Å²) in [4.78, 5) is 33.4. The van der Waals surface area contributed by atoms with Gasteiger partial charge in [0.15, 0.2) is 6.10 Å². The van der Waals surface area contributed by atoms with Crippen LogP contribution in [0.1, 0.15) is 39.5 Å². The second kappa shape index (κ2) is 19.0. The molecule has 0 fully saturated rings. The molecule has 0 aliphatic rings. The number of phosphoric ester groups is 1. The van der Waals surface area contributed by atoms with Crippen LogP contribution in [0.2, 0.25) is 0 Å². The predicted molar refractivity (Wildman–Crippen MR) is 116 cm³/mol. The van der Waals surface area contributed by atoms with E-state index in [1.807, 2.05) is 13.8 Å². The summed E-state index contributed by atoms with van der Waals surface area (Å²) in [7, 11) is -2.59. The smallest absolute Gasteiger partial charge is 0.461 e. The van der Waals surface area contributed by atoms with E-state index in [1.165, 1.54) is 0 Å². The van der Waals surface area contributed by atoms with Gasteiger partial charge in [0.2, 0.25) is 0 Å². The highest BCUT2D eigenvalue weighted by atomic mass is 31.2. The molecular weight excluding hydrogens is 437 g/mol. The average Bonchev–Trinajstić information content (AvgIpc) is 2.75. The number of quaternary nitrogens is 1. The lowest BCUT2D eigenvalue weighted by molar-refractivity contribution is -0.627. The third-order valence-corrected chi connectivity index (χ3v) is 4.09. The molecule has 10 heteroatoms. The maximum absolute atomic E-state index is 12.0. The van der Waals surface area contributed by atoms with Crippen molar-refractivity contribution in [1.82, 2.24) is 0 Å². The van der Waals surface area contributed by atoms with Crippen molar-refractivity contribution in [2.24, 2.45) is 0 Å². The van der Waals surface area contributed by atoms with Crippen molar-refractivity contribution in [3.05, 3.63) is 0 Å². The van der Waals surface area contributed by atoms with E-state index in [0.717, 1.165) is 0 Å². The molecule has 0 bridgehead atoms. The summed E-state index contributed by atoms with van der Waals surface area (Å²) in [5.41, 5.74) is 0. The van der Waals surface area contributed by atoms with Crippen molar-refractivity contribution in [3.63, 3.8) is 0 Å². The molecule has 0 aromatic rings. The van der Waals surface area contributed by atoms with Gasteiger partial charge in [-0.1, -0.05) is 37.5 Å². The van der Waals surface area contributed by atoms with Crippen LogP contribution in [0, 0.1) is 47.4 Å². The lowest BCUT2D eigenvalue weighted by Crippen LogP contribution is -2.80. The minimum absolute atomic E-state index is 0.0162. The molecular formula is C22H29NO8P+.